The molecule has 2 aromatic rings. The number of fused-ring (bicyclic) bond motifs is 1. The standard InChI is InChI=1S/C19H20BrN3O3/c1-22(2)9-10-23-16-8-7-15(11-17(16)26-12-18(23)24)21-19(25)13-3-5-14(20)6-4-13/h3-8,11H,9-10,12H2,1-2H3,(H,21,25). The molecule has 0 saturated carbocycles. The van der Waals surface area contributed by atoms with Crippen molar-refractivity contribution < 1.29 is 14.3 Å². The molecule has 1 aliphatic heterocycles. The number of carbonyl (C=O) groups is 2. The highest BCUT2D eigenvalue weighted by Gasteiger charge is 2.25. The Morgan fingerprint density at radius 1 is 1.23 bits per heavy atom. The molecule has 0 aliphatic carbocycles. The average molecular weight is 418 g/mol. The Labute approximate surface area is 160 Å². The number of carbonyl (C=O) groups excluding carboxylic acids is 2. The van der Waals surface area contributed by atoms with Crippen LogP contribution in [0.4, 0.5) is 11.4 Å². The Hall–Kier alpha value is -2.38. The molecule has 7 heteroatoms. The number of likely N-dealkylation sites (N-methyl/N-ethyl adjacent to an activating group) is 1. The minimum absolute atomic E-state index is 0.00450. The summed E-state index contributed by atoms with van der Waals surface area (Å²) in [4.78, 5) is 28.2. The van der Waals surface area contributed by atoms with Gasteiger partial charge in [0.15, 0.2) is 6.61 Å². The zero-order chi connectivity index (χ0) is 18.7. The monoisotopic (exact) mass is 417 g/mol. The fourth-order valence-electron chi connectivity index (χ4n) is 2.63. The Kier molecular flexibility index (Phi) is 5.58. The average Bonchev–Trinajstić information content (AvgIpc) is 2.61. The molecular weight excluding hydrogens is 398 g/mol. The molecule has 6 nitrogen and oxygen atoms in total. The second-order valence-corrected chi connectivity index (χ2v) is 7.20. The smallest absolute Gasteiger partial charge is 0.265 e. The molecule has 2 amide bonds. The van der Waals surface area contributed by atoms with Gasteiger partial charge in [0, 0.05) is 34.9 Å². The summed E-state index contributed by atoms with van der Waals surface area (Å²) in [5, 5.41) is 2.86. The number of ether oxygens (including phenoxy) is 1. The van der Waals surface area contributed by atoms with Gasteiger partial charge in [0.05, 0.1) is 5.69 Å². The van der Waals surface area contributed by atoms with Crippen LogP contribution in [0, 0.1) is 0 Å². The van der Waals surface area contributed by atoms with Crippen LogP contribution in [-0.4, -0.2) is 50.5 Å². The number of nitrogens with one attached hydrogen (secondary N) is 1. The number of hydrogen-bond donors (Lipinski definition) is 1. The number of benzene rings is 2. The van der Waals surface area contributed by atoms with Crippen molar-refractivity contribution in [3.8, 4) is 5.75 Å². The highest BCUT2D eigenvalue weighted by molar-refractivity contribution is 9.10. The molecule has 0 saturated heterocycles. The van der Waals surface area contributed by atoms with Crippen LogP contribution in [0.1, 0.15) is 10.4 Å². The van der Waals surface area contributed by atoms with Crippen LogP contribution < -0.4 is 15.0 Å². The molecule has 0 spiro atoms. The van der Waals surface area contributed by atoms with Gasteiger partial charge in [-0.15, -0.1) is 0 Å². The van der Waals surface area contributed by atoms with Gasteiger partial charge < -0.3 is 19.9 Å². The van der Waals surface area contributed by atoms with Crippen molar-refractivity contribution in [2.45, 2.75) is 0 Å². The molecule has 1 aliphatic rings. The summed E-state index contributed by atoms with van der Waals surface area (Å²) in [6.07, 6.45) is 0. The number of hydrogen-bond acceptors (Lipinski definition) is 4. The Morgan fingerprint density at radius 3 is 2.65 bits per heavy atom. The second-order valence-electron chi connectivity index (χ2n) is 6.28. The van der Waals surface area contributed by atoms with E-state index in [1.54, 1.807) is 35.2 Å². The maximum absolute atomic E-state index is 12.4. The molecular formula is C19H20BrN3O3. The molecule has 1 heterocycles. The summed E-state index contributed by atoms with van der Waals surface area (Å²) in [6, 6.07) is 12.5. The zero-order valence-corrected chi connectivity index (χ0v) is 16.2. The van der Waals surface area contributed by atoms with Crippen molar-refractivity contribution in [1.82, 2.24) is 4.90 Å². The number of amides is 2. The summed E-state index contributed by atoms with van der Waals surface area (Å²) >= 11 is 3.35. The van der Waals surface area contributed by atoms with E-state index in [0.717, 1.165) is 16.7 Å². The van der Waals surface area contributed by atoms with Gasteiger partial charge in [-0.05, 0) is 50.5 Å². The van der Waals surface area contributed by atoms with E-state index in [-0.39, 0.29) is 18.4 Å². The zero-order valence-electron chi connectivity index (χ0n) is 14.7. The predicted octanol–water partition coefficient (Wildman–Crippen LogP) is 2.99. The first kappa shape index (κ1) is 18.4. The van der Waals surface area contributed by atoms with E-state index < -0.39 is 0 Å². The van der Waals surface area contributed by atoms with E-state index in [1.807, 2.05) is 31.1 Å². The summed E-state index contributed by atoms with van der Waals surface area (Å²) in [6.45, 7) is 1.35. The van der Waals surface area contributed by atoms with Crippen LogP contribution in [-0.2, 0) is 4.79 Å². The lowest BCUT2D eigenvalue weighted by Crippen LogP contribution is -2.42. The van der Waals surface area contributed by atoms with Crippen molar-refractivity contribution in [2.75, 3.05) is 44.0 Å². The minimum atomic E-state index is -0.200. The van der Waals surface area contributed by atoms with Gasteiger partial charge in [0.25, 0.3) is 11.8 Å². The highest BCUT2D eigenvalue weighted by Crippen LogP contribution is 2.34. The van der Waals surface area contributed by atoms with Crippen molar-refractivity contribution in [1.29, 1.82) is 0 Å². The highest BCUT2D eigenvalue weighted by atomic mass is 79.9. The van der Waals surface area contributed by atoms with Crippen LogP contribution in [0.15, 0.2) is 46.9 Å². The van der Waals surface area contributed by atoms with Gasteiger partial charge in [-0.25, -0.2) is 0 Å². The van der Waals surface area contributed by atoms with Crippen molar-refractivity contribution in [2.24, 2.45) is 0 Å². The number of nitrogens with zero attached hydrogens (tertiary/aromatic N) is 2. The van der Waals surface area contributed by atoms with Crippen LogP contribution >= 0.6 is 15.9 Å². The molecule has 0 aromatic heterocycles. The number of rotatable bonds is 5. The first-order valence-corrected chi connectivity index (χ1v) is 9.02. The van der Waals surface area contributed by atoms with Gasteiger partial charge in [0.2, 0.25) is 0 Å². The Bertz CT molecular complexity index is 821. The van der Waals surface area contributed by atoms with Crippen molar-refractivity contribution >= 4 is 39.1 Å². The van der Waals surface area contributed by atoms with Gasteiger partial charge in [-0.2, -0.15) is 0 Å². The van der Waals surface area contributed by atoms with E-state index in [0.29, 0.717) is 23.5 Å². The van der Waals surface area contributed by atoms with E-state index in [1.165, 1.54) is 0 Å². The Balaban J connectivity index is 1.76. The van der Waals surface area contributed by atoms with E-state index in [9.17, 15) is 9.59 Å². The normalized spacial score (nSPS) is 13.4. The van der Waals surface area contributed by atoms with Crippen molar-refractivity contribution in [3.05, 3.63) is 52.5 Å². The van der Waals surface area contributed by atoms with Crippen molar-refractivity contribution in [3.63, 3.8) is 0 Å². The molecule has 0 fully saturated rings. The molecule has 0 atom stereocenters. The third-order valence-corrected chi connectivity index (χ3v) is 4.57. The topological polar surface area (TPSA) is 61.9 Å². The molecule has 0 bridgehead atoms. The quantitative estimate of drug-likeness (QED) is 0.811. The van der Waals surface area contributed by atoms with E-state index >= 15 is 0 Å². The number of anilines is 2. The molecule has 1 N–H and O–H groups in total. The lowest BCUT2D eigenvalue weighted by Gasteiger charge is -2.30. The molecule has 2 aromatic carbocycles. The van der Waals surface area contributed by atoms with Gasteiger partial charge in [-0.3, -0.25) is 9.59 Å². The lowest BCUT2D eigenvalue weighted by atomic mass is 10.2. The maximum atomic E-state index is 12.4. The largest absolute Gasteiger partial charge is 0.481 e. The first-order valence-electron chi connectivity index (χ1n) is 8.23. The third-order valence-electron chi connectivity index (χ3n) is 4.04. The minimum Gasteiger partial charge on any atom is -0.481 e. The Morgan fingerprint density at radius 2 is 1.96 bits per heavy atom. The maximum Gasteiger partial charge on any atom is 0.265 e. The summed E-state index contributed by atoms with van der Waals surface area (Å²) in [5.74, 6) is 0.330. The van der Waals surface area contributed by atoms with Crippen LogP contribution in [0.2, 0.25) is 0 Å². The predicted molar refractivity (Wildman–Crippen MR) is 105 cm³/mol. The lowest BCUT2D eigenvalue weighted by molar-refractivity contribution is -0.121. The SMILES string of the molecule is CN(C)CCN1C(=O)COc2cc(NC(=O)c3ccc(Br)cc3)ccc21. The molecule has 3 rings (SSSR count). The summed E-state index contributed by atoms with van der Waals surface area (Å²) in [7, 11) is 3.93. The van der Waals surface area contributed by atoms with Crippen LogP contribution in [0.3, 0.4) is 0 Å². The summed E-state index contributed by atoms with van der Waals surface area (Å²) < 4.78 is 6.47. The third kappa shape index (κ3) is 4.23. The fraction of sp³-hybridized carbons (Fsp3) is 0.263. The molecule has 0 unspecified atom stereocenters. The molecule has 0 radical (unpaired) electrons. The second kappa shape index (κ2) is 7.88. The van der Waals surface area contributed by atoms with Crippen LogP contribution in [0.25, 0.3) is 0 Å². The molecule has 26 heavy (non-hydrogen) atoms. The van der Waals surface area contributed by atoms with Gasteiger partial charge in [-0.1, -0.05) is 15.9 Å². The van der Waals surface area contributed by atoms with E-state index in [4.69, 9.17) is 4.74 Å². The first-order chi connectivity index (χ1) is 12.4. The molecule has 136 valence electrons. The van der Waals surface area contributed by atoms with Gasteiger partial charge in [0.1, 0.15) is 5.75 Å². The number of halogens is 1. The fourth-order valence-corrected chi connectivity index (χ4v) is 2.90. The summed E-state index contributed by atoms with van der Waals surface area (Å²) in [5.41, 5.74) is 1.91. The van der Waals surface area contributed by atoms with Crippen LogP contribution in [0.5, 0.6) is 5.75 Å². The van der Waals surface area contributed by atoms with Gasteiger partial charge >= 0.3 is 0 Å². The van der Waals surface area contributed by atoms with E-state index in [2.05, 4.69) is 21.2 Å².